The molecule has 0 fully saturated rings. The highest BCUT2D eigenvalue weighted by Gasteiger charge is 2.18. The zero-order valence-corrected chi connectivity index (χ0v) is 14.3. The van der Waals surface area contributed by atoms with Crippen molar-refractivity contribution < 1.29 is 9.53 Å². The molecule has 0 aliphatic carbocycles. The number of aryl methyl sites for hydroxylation is 1. The Morgan fingerprint density at radius 1 is 1.30 bits per heavy atom. The molecule has 23 heavy (non-hydrogen) atoms. The molecule has 1 aromatic heterocycles. The normalized spacial score (nSPS) is 11.1. The van der Waals surface area contributed by atoms with Crippen LogP contribution in [0.25, 0.3) is 5.69 Å². The zero-order chi connectivity index (χ0) is 17.2. The van der Waals surface area contributed by atoms with Gasteiger partial charge in [-0.1, -0.05) is 12.1 Å². The fraction of sp³-hybridized carbons (Fsp3) is 0.312. The fourth-order valence-corrected chi connectivity index (χ4v) is 2.32. The molecule has 0 radical (unpaired) electrons. The third kappa shape index (κ3) is 4.53. The summed E-state index contributed by atoms with van der Waals surface area (Å²) < 4.78 is 6.99. The van der Waals surface area contributed by atoms with E-state index in [4.69, 9.17) is 17.0 Å². The molecule has 0 saturated carbocycles. The van der Waals surface area contributed by atoms with Crippen molar-refractivity contribution in [3.63, 3.8) is 0 Å². The van der Waals surface area contributed by atoms with Crippen molar-refractivity contribution in [2.75, 3.05) is 5.32 Å². The summed E-state index contributed by atoms with van der Waals surface area (Å²) in [4.78, 5) is 26.3. The monoisotopic (exact) mass is 333 g/mol. The van der Waals surface area contributed by atoms with Crippen LogP contribution >= 0.6 is 12.2 Å². The molecular weight excluding hydrogens is 314 g/mol. The van der Waals surface area contributed by atoms with Crippen LogP contribution < -0.4 is 10.9 Å². The first-order chi connectivity index (χ1) is 10.7. The topological polar surface area (TPSA) is 76.1 Å². The van der Waals surface area contributed by atoms with Gasteiger partial charge in [-0.2, -0.15) is 0 Å². The van der Waals surface area contributed by atoms with Crippen molar-refractivity contribution in [1.29, 1.82) is 0 Å². The van der Waals surface area contributed by atoms with E-state index in [0.717, 1.165) is 11.3 Å². The van der Waals surface area contributed by atoms with Crippen LogP contribution in [0.3, 0.4) is 0 Å². The van der Waals surface area contributed by atoms with Gasteiger partial charge >= 0.3 is 6.09 Å². The molecule has 7 heteroatoms. The summed E-state index contributed by atoms with van der Waals surface area (Å²) in [6.07, 6.45) is -0.654. The second kappa shape index (κ2) is 6.37. The van der Waals surface area contributed by atoms with Gasteiger partial charge in [0.1, 0.15) is 11.4 Å². The molecule has 0 aliphatic heterocycles. The lowest BCUT2D eigenvalue weighted by molar-refractivity contribution is 0.0635. The van der Waals surface area contributed by atoms with Gasteiger partial charge in [-0.25, -0.2) is 4.79 Å². The van der Waals surface area contributed by atoms with Gasteiger partial charge in [-0.3, -0.25) is 19.7 Å². The molecule has 122 valence electrons. The van der Waals surface area contributed by atoms with Crippen molar-refractivity contribution >= 4 is 24.1 Å². The Bertz CT molecular complexity index is 847. The highest BCUT2D eigenvalue weighted by molar-refractivity contribution is 7.71. The summed E-state index contributed by atoms with van der Waals surface area (Å²) in [7, 11) is 0. The molecule has 0 bridgehead atoms. The number of ether oxygens (including phenoxy) is 1. The molecule has 0 aliphatic rings. The molecule has 0 saturated heterocycles. The van der Waals surface area contributed by atoms with Gasteiger partial charge in [-0.05, 0) is 57.6 Å². The maximum Gasteiger partial charge on any atom is 0.413 e. The molecule has 1 heterocycles. The zero-order valence-electron chi connectivity index (χ0n) is 13.5. The lowest BCUT2D eigenvalue weighted by atomic mass is 10.2. The third-order valence-corrected chi connectivity index (χ3v) is 3.12. The minimum Gasteiger partial charge on any atom is -0.444 e. The lowest BCUT2D eigenvalue weighted by Crippen LogP contribution is -2.29. The van der Waals surface area contributed by atoms with Crippen LogP contribution in [0.5, 0.6) is 0 Å². The van der Waals surface area contributed by atoms with Crippen LogP contribution in [0.1, 0.15) is 26.3 Å². The van der Waals surface area contributed by atoms with Crippen molar-refractivity contribution in [2.45, 2.75) is 33.3 Å². The largest absolute Gasteiger partial charge is 0.444 e. The number of carbonyl (C=O) groups excluding carboxylic acids is 1. The number of anilines is 1. The summed E-state index contributed by atoms with van der Waals surface area (Å²) >= 11 is 5.23. The number of aromatic amines is 1. The molecule has 2 N–H and O–H groups in total. The van der Waals surface area contributed by atoms with E-state index in [2.05, 4.69) is 10.3 Å². The van der Waals surface area contributed by atoms with Gasteiger partial charge in [0.05, 0.1) is 5.69 Å². The molecule has 1 aromatic carbocycles. The number of benzene rings is 1. The molecule has 1 amide bonds. The van der Waals surface area contributed by atoms with E-state index < -0.39 is 17.3 Å². The van der Waals surface area contributed by atoms with Crippen LogP contribution in [0.4, 0.5) is 10.6 Å². The lowest BCUT2D eigenvalue weighted by Gasteiger charge is -2.21. The number of rotatable bonds is 2. The predicted molar refractivity (Wildman–Crippen MR) is 91.8 cm³/mol. The molecule has 0 atom stereocenters. The van der Waals surface area contributed by atoms with Crippen molar-refractivity contribution in [3.05, 3.63) is 51.0 Å². The first-order valence-electron chi connectivity index (χ1n) is 7.09. The Hall–Kier alpha value is -2.41. The van der Waals surface area contributed by atoms with Gasteiger partial charge < -0.3 is 4.74 Å². The highest BCUT2D eigenvalue weighted by atomic mass is 32.1. The maximum absolute atomic E-state index is 12.0. The summed E-state index contributed by atoms with van der Waals surface area (Å²) in [5.74, 6) is 0.249. The molecule has 0 spiro atoms. The van der Waals surface area contributed by atoms with Crippen LogP contribution in [0.2, 0.25) is 0 Å². The minimum atomic E-state index is -0.654. The Labute approximate surface area is 139 Å². The number of hydrogen-bond acceptors (Lipinski definition) is 4. The Morgan fingerprint density at radius 3 is 2.61 bits per heavy atom. The Balaban J connectivity index is 2.49. The van der Waals surface area contributed by atoms with E-state index in [1.165, 1.54) is 6.07 Å². The van der Waals surface area contributed by atoms with Gasteiger partial charge in [0.2, 0.25) is 0 Å². The second-order valence-electron chi connectivity index (χ2n) is 6.13. The van der Waals surface area contributed by atoms with E-state index in [9.17, 15) is 9.59 Å². The number of hydrogen-bond donors (Lipinski definition) is 2. The van der Waals surface area contributed by atoms with E-state index in [1.54, 1.807) is 25.3 Å². The number of nitrogens with one attached hydrogen (secondary N) is 2. The summed E-state index contributed by atoms with van der Waals surface area (Å²) in [5, 5.41) is 2.58. The van der Waals surface area contributed by atoms with E-state index in [0.29, 0.717) is 0 Å². The number of carbonyl (C=O) groups is 1. The quantitative estimate of drug-likeness (QED) is 0.824. The fourth-order valence-electron chi connectivity index (χ4n) is 2.02. The number of aromatic nitrogens is 2. The third-order valence-electron chi connectivity index (χ3n) is 2.83. The van der Waals surface area contributed by atoms with Crippen LogP contribution in [-0.4, -0.2) is 21.2 Å². The Morgan fingerprint density at radius 2 is 2.00 bits per heavy atom. The minimum absolute atomic E-state index is 0.189. The molecule has 0 unspecified atom stereocenters. The average Bonchev–Trinajstić information content (AvgIpc) is 2.35. The van der Waals surface area contributed by atoms with Gasteiger partial charge in [0, 0.05) is 6.07 Å². The molecule has 2 rings (SSSR count). The molecule has 6 nitrogen and oxygen atoms in total. The first-order valence-corrected chi connectivity index (χ1v) is 7.50. The number of nitrogens with zero attached hydrogens (tertiary/aromatic N) is 1. The summed E-state index contributed by atoms with van der Waals surface area (Å²) in [6.45, 7) is 7.23. The second-order valence-corrected chi connectivity index (χ2v) is 6.51. The van der Waals surface area contributed by atoms with Crippen molar-refractivity contribution in [2.24, 2.45) is 0 Å². The van der Waals surface area contributed by atoms with Gasteiger partial charge in [0.25, 0.3) is 5.56 Å². The summed E-state index contributed by atoms with van der Waals surface area (Å²) in [6, 6.07) is 8.81. The first kappa shape index (κ1) is 17.0. The Kier molecular flexibility index (Phi) is 4.70. The van der Waals surface area contributed by atoms with Crippen LogP contribution in [-0.2, 0) is 4.74 Å². The predicted octanol–water partition coefficient (Wildman–Crippen LogP) is 3.55. The standard InChI is InChI=1S/C16H19N3O3S/c1-10-6-5-7-11(8-10)19-12(9-13(20)18-14(19)23)17-15(21)22-16(2,3)4/h5-9H,1-4H3,(H,17,21)(H,18,20,23). The van der Waals surface area contributed by atoms with Crippen LogP contribution in [0.15, 0.2) is 35.1 Å². The number of amides is 1. The maximum atomic E-state index is 12.0. The highest BCUT2D eigenvalue weighted by Crippen LogP contribution is 2.17. The van der Waals surface area contributed by atoms with E-state index in [-0.39, 0.29) is 10.6 Å². The van der Waals surface area contributed by atoms with Crippen molar-refractivity contribution in [3.8, 4) is 5.69 Å². The number of H-pyrrole nitrogens is 1. The summed E-state index contributed by atoms with van der Waals surface area (Å²) in [5.41, 5.74) is 0.720. The van der Waals surface area contributed by atoms with Crippen molar-refractivity contribution in [1.82, 2.24) is 9.55 Å². The van der Waals surface area contributed by atoms with E-state index in [1.807, 2.05) is 31.2 Å². The molecule has 2 aromatic rings. The van der Waals surface area contributed by atoms with E-state index >= 15 is 0 Å². The van der Waals surface area contributed by atoms with Gasteiger partial charge in [0.15, 0.2) is 4.77 Å². The average molecular weight is 333 g/mol. The molecular formula is C16H19N3O3S. The van der Waals surface area contributed by atoms with Crippen LogP contribution in [0, 0.1) is 11.7 Å². The van der Waals surface area contributed by atoms with Gasteiger partial charge in [-0.15, -0.1) is 0 Å². The smallest absolute Gasteiger partial charge is 0.413 e. The SMILES string of the molecule is Cc1cccc(-n2c(NC(=O)OC(C)(C)C)cc(=O)[nH]c2=S)c1.